The fourth-order valence-electron chi connectivity index (χ4n) is 3.24. The average Bonchev–Trinajstić information content (AvgIpc) is 3.08. The van der Waals surface area contributed by atoms with E-state index in [0.29, 0.717) is 30.6 Å². The van der Waals surface area contributed by atoms with Crippen molar-refractivity contribution in [2.45, 2.75) is 18.6 Å². The highest BCUT2D eigenvalue weighted by Gasteiger charge is 2.44. The number of rotatable bonds is 8. The predicted molar refractivity (Wildman–Crippen MR) is 97.4 cm³/mol. The van der Waals surface area contributed by atoms with Gasteiger partial charge in [0, 0.05) is 13.1 Å². The van der Waals surface area contributed by atoms with Gasteiger partial charge in [-0.2, -0.15) is 8.42 Å². The van der Waals surface area contributed by atoms with Gasteiger partial charge in [-0.05, 0) is 11.1 Å². The second-order valence-corrected chi connectivity index (χ2v) is 7.79. The topological polar surface area (TPSA) is 165 Å². The van der Waals surface area contributed by atoms with E-state index in [4.69, 9.17) is 4.55 Å². The van der Waals surface area contributed by atoms with Gasteiger partial charge in [-0.3, -0.25) is 23.8 Å². The highest BCUT2D eigenvalue weighted by molar-refractivity contribution is 7.84. The molecule has 3 rings (SSSR count). The van der Waals surface area contributed by atoms with Gasteiger partial charge in [0.2, 0.25) is 12.3 Å². The lowest BCUT2D eigenvalue weighted by molar-refractivity contribution is -0.140. The predicted octanol–water partition coefficient (Wildman–Crippen LogP) is -1.87. The van der Waals surface area contributed by atoms with E-state index in [1.165, 1.54) is 4.90 Å². The lowest BCUT2D eigenvalue weighted by Gasteiger charge is -2.35. The second kappa shape index (κ2) is 8.05. The molecule has 2 atom stereocenters. The number of amides is 5. The SMILES string of the molecule is O=CNC(c1ccccc1CC(=O)NC1CN(S(=O)(=O)O)C1=O)N1CCNC1=O. The molecule has 1 aromatic carbocycles. The molecule has 0 aliphatic carbocycles. The highest BCUT2D eigenvalue weighted by Crippen LogP contribution is 2.24. The fraction of sp³-hybridized carbons (Fsp3) is 0.375. The van der Waals surface area contributed by atoms with Crippen LogP contribution in [0.3, 0.4) is 0 Å². The van der Waals surface area contributed by atoms with Crippen LogP contribution in [0.1, 0.15) is 17.3 Å². The zero-order chi connectivity index (χ0) is 21.2. The summed E-state index contributed by atoms with van der Waals surface area (Å²) < 4.78 is 31.0. The maximum absolute atomic E-state index is 12.4. The molecule has 2 saturated heterocycles. The van der Waals surface area contributed by atoms with Crippen molar-refractivity contribution in [1.82, 2.24) is 25.2 Å². The number of carbonyl (C=O) groups is 4. The lowest BCUT2D eigenvalue weighted by atomic mass is 10.0. The zero-order valence-electron chi connectivity index (χ0n) is 15.1. The number of urea groups is 1. The van der Waals surface area contributed by atoms with Crippen LogP contribution in [0.4, 0.5) is 4.79 Å². The van der Waals surface area contributed by atoms with E-state index in [2.05, 4.69) is 16.0 Å². The van der Waals surface area contributed by atoms with Crippen molar-refractivity contribution in [3.05, 3.63) is 35.4 Å². The minimum atomic E-state index is -4.63. The Hall–Kier alpha value is -3.19. The van der Waals surface area contributed by atoms with Crippen molar-refractivity contribution in [2.75, 3.05) is 19.6 Å². The van der Waals surface area contributed by atoms with E-state index in [1.54, 1.807) is 24.3 Å². The number of carbonyl (C=O) groups excluding carboxylic acids is 4. The summed E-state index contributed by atoms with van der Waals surface area (Å²) in [6.07, 6.45) is -0.484. The first-order valence-electron chi connectivity index (χ1n) is 8.62. The largest absolute Gasteiger partial charge is 0.362 e. The van der Waals surface area contributed by atoms with Crippen LogP contribution in [0.5, 0.6) is 0 Å². The molecule has 2 heterocycles. The third kappa shape index (κ3) is 4.30. The molecule has 13 heteroatoms. The van der Waals surface area contributed by atoms with Gasteiger partial charge < -0.3 is 16.0 Å². The van der Waals surface area contributed by atoms with Crippen LogP contribution in [0.2, 0.25) is 0 Å². The standard InChI is InChI=1S/C16H19N5O7S/c22-9-18-14(20-6-5-17-16(20)25)11-4-2-1-3-10(11)7-13(23)19-12-8-21(15(12)24)29(26,27)28/h1-4,9,12,14H,5-8H2,(H,17,25)(H,18,22)(H,19,23)(H,26,27,28). The summed E-state index contributed by atoms with van der Waals surface area (Å²) in [4.78, 5) is 48.6. The molecule has 4 N–H and O–H groups in total. The summed E-state index contributed by atoms with van der Waals surface area (Å²) in [5.41, 5.74) is 1.05. The average molecular weight is 425 g/mol. The van der Waals surface area contributed by atoms with Gasteiger partial charge in [0.05, 0.1) is 13.0 Å². The second-order valence-electron chi connectivity index (χ2n) is 6.46. The van der Waals surface area contributed by atoms with Crippen LogP contribution in [-0.4, -0.2) is 72.1 Å². The van der Waals surface area contributed by atoms with Gasteiger partial charge >= 0.3 is 16.3 Å². The first-order chi connectivity index (χ1) is 13.7. The van der Waals surface area contributed by atoms with E-state index in [0.717, 1.165) is 0 Å². The molecule has 5 amide bonds. The lowest BCUT2D eigenvalue weighted by Crippen LogP contribution is -2.65. The van der Waals surface area contributed by atoms with E-state index in [9.17, 15) is 27.6 Å². The molecule has 0 radical (unpaired) electrons. The van der Waals surface area contributed by atoms with Crippen molar-refractivity contribution in [3.63, 3.8) is 0 Å². The summed E-state index contributed by atoms with van der Waals surface area (Å²) in [5, 5.41) is 7.62. The van der Waals surface area contributed by atoms with E-state index in [1.807, 2.05) is 0 Å². The van der Waals surface area contributed by atoms with E-state index < -0.39 is 34.3 Å². The maximum atomic E-state index is 12.4. The van der Waals surface area contributed by atoms with Crippen molar-refractivity contribution in [1.29, 1.82) is 0 Å². The Morgan fingerprint density at radius 1 is 1.34 bits per heavy atom. The Labute approximate surface area is 166 Å². The highest BCUT2D eigenvalue weighted by atomic mass is 32.2. The molecule has 2 unspecified atom stereocenters. The van der Waals surface area contributed by atoms with E-state index >= 15 is 0 Å². The molecular formula is C16H19N5O7S. The first kappa shape index (κ1) is 20.5. The number of hydrogen-bond acceptors (Lipinski definition) is 6. The molecule has 2 aliphatic rings. The van der Waals surface area contributed by atoms with Gasteiger partial charge in [-0.15, -0.1) is 0 Å². The Kier molecular flexibility index (Phi) is 5.70. The van der Waals surface area contributed by atoms with Crippen molar-refractivity contribution in [2.24, 2.45) is 0 Å². The molecule has 29 heavy (non-hydrogen) atoms. The summed E-state index contributed by atoms with van der Waals surface area (Å²) >= 11 is 0. The third-order valence-electron chi connectivity index (χ3n) is 4.63. The molecule has 1 aromatic rings. The number of nitrogens with zero attached hydrogens (tertiary/aromatic N) is 2. The molecule has 0 bridgehead atoms. The molecule has 12 nitrogen and oxygen atoms in total. The van der Waals surface area contributed by atoms with Crippen LogP contribution < -0.4 is 16.0 Å². The Bertz CT molecular complexity index is 951. The van der Waals surface area contributed by atoms with Gasteiger partial charge in [-0.25, -0.2) is 9.10 Å². The summed E-state index contributed by atoms with van der Waals surface area (Å²) in [5.74, 6) is -1.48. The summed E-state index contributed by atoms with van der Waals surface area (Å²) in [6.45, 7) is 0.438. The Morgan fingerprint density at radius 2 is 2.07 bits per heavy atom. The van der Waals surface area contributed by atoms with Crippen molar-refractivity contribution >= 4 is 34.6 Å². The molecule has 2 aliphatic heterocycles. The Morgan fingerprint density at radius 3 is 2.66 bits per heavy atom. The maximum Gasteiger partial charge on any atom is 0.362 e. The van der Waals surface area contributed by atoms with Crippen LogP contribution in [0.25, 0.3) is 0 Å². The van der Waals surface area contributed by atoms with Gasteiger partial charge in [0.1, 0.15) is 12.2 Å². The number of benzene rings is 1. The van der Waals surface area contributed by atoms with Crippen LogP contribution in [0, 0.1) is 0 Å². The molecular weight excluding hydrogens is 406 g/mol. The van der Waals surface area contributed by atoms with Gasteiger partial charge in [0.15, 0.2) is 0 Å². The molecule has 0 aromatic heterocycles. The fourth-order valence-corrected chi connectivity index (χ4v) is 3.93. The van der Waals surface area contributed by atoms with Crippen LogP contribution >= 0.6 is 0 Å². The first-order valence-corrected chi connectivity index (χ1v) is 10.0. The zero-order valence-corrected chi connectivity index (χ0v) is 15.9. The molecule has 2 fully saturated rings. The quantitative estimate of drug-likeness (QED) is 0.215. The Balaban J connectivity index is 1.72. The summed E-state index contributed by atoms with van der Waals surface area (Å²) in [6, 6.07) is 5.30. The van der Waals surface area contributed by atoms with Crippen LogP contribution in [0.15, 0.2) is 24.3 Å². The molecule has 0 saturated carbocycles. The minimum Gasteiger partial charge on any atom is -0.342 e. The van der Waals surface area contributed by atoms with Gasteiger partial charge in [0.25, 0.3) is 5.91 Å². The number of β-lactam (4-membered cyclic amide) rings is 1. The van der Waals surface area contributed by atoms with Crippen molar-refractivity contribution < 1.29 is 32.1 Å². The van der Waals surface area contributed by atoms with E-state index in [-0.39, 0.29) is 23.3 Å². The number of nitrogens with one attached hydrogen (secondary N) is 3. The smallest absolute Gasteiger partial charge is 0.342 e. The monoisotopic (exact) mass is 425 g/mol. The minimum absolute atomic E-state index is 0.168. The number of hydrogen-bond donors (Lipinski definition) is 4. The third-order valence-corrected chi connectivity index (χ3v) is 5.52. The van der Waals surface area contributed by atoms with Crippen molar-refractivity contribution in [3.8, 4) is 0 Å². The normalized spacial score (nSPS) is 20.0. The summed E-state index contributed by atoms with van der Waals surface area (Å²) in [7, 11) is -4.63. The molecule has 0 spiro atoms. The molecule has 156 valence electrons. The van der Waals surface area contributed by atoms with Gasteiger partial charge in [-0.1, -0.05) is 24.3 Å². The van der Waals surface area contributed by atoms with Crippen LogP contribution in [-0.2, 0) is 31.1 Å².